The third-order valence-corrected chi connectivity index (χ3v) is 2.40. The molecule has 2 aromatic rings. The Bertz CT molecular complexity index is 524. The predicted octanol–water partition coefficient (Wildman–Crippen LogP) is 2.97. The number of non-ortho nitro benzene ring substituents is 1. The van der Waals surface area contributed by atoms with Crippen molar-refractivity contribution in [3.63, 3.8) is 0 Å². The Balaban J connectivity index is 2.56. The summed E-state index contributed by atoms with van der Waals surface area (Å²) in [5, 5.41) is 10.7. The normalized spacial score (nSPS) is 10.1. The fraction of sp³-hybridized carbons (Fsp3) is 0.0833. The Morgan fingerprint density at radius 1 is 1.31 bits per heavy atom. The fourth-order valence-electron chi connectivity index (χ4n) is 1.56. The van der Waals surface area contributed by atoms with Gasteiger partial charge >= 0.3 is 0 Å². The molecular weight excluding hydrogens is 204 g/mol. The summed E-state index contributed by atoms with van der Waals surface area (Å²) in [5.41, 5.74) is 2.84. The summed E-state index contributed by atoms with van der Waals surface area (Å²) in [6.07, 6.45) is 3.38. The van der Waals surface area contributed by atoms with Crippen molar-refractivity contribution >= 4 is 5.69 Å². The lowest BCUT2D eigenvalue weighted by Crippen LogP contribution is -1.90. The second kappa shape index (κ2) is 4.10. The zero-order chi connectivity index (χ0) is 11.5. The average molecular weight is 214 g/mol. The van der Waals surface area contributed by atoms with Gasteiger partial charge in [0.2, 0.25) is 0 Å². The molecule has 4 heteroatoms. The van der Waals surface area contributed by atoms with Gasteiger partial charge in [0, 0.05) is 30.1 Å². The molecule has 0 unspecified atom stereocenters. The van der Waals surface area contributed by atoms with E-state index in [4.69, 9.17) is 0 Å². The topological polar surface area (TPSA) is 56.0 Å². The van der Waals surface area contributed by atoms with Crippen LogP contribution in [0.1, 0.15) is 5.56 Å². The van der Waals surface area contributed by atoms with Crippen molar-refractivity contribution < 1.29 is 4.92 Å². The number of rotatable bonds is 2. The van der Waals surface area contributed by atoms with Gasteiger partial charge in [0.05, 0.1) is 4.92 Å². The molecule has 0 N–H and O–H groups in total. The van der Waals surface area contributed by atoms with Crippen molar-refractivity contribution in [3.8, 4) is 11.1 Å². The van der Waals surface area contributed by atoms with Gasteiger partial charge < -0.3 is 0 Å². The SMILES string of the molecule is Cc1ccc([N+](=O)[O-])cc1-c1cccnc1. The standard InChI is InChI=1S/C12H10N2O2/c1-9-4-5-11(14(15)16)7-12(9)10-3-2-6-13-8-10/h2-8H,1H3. The number of benzene rings is 1. The number of pyridine rings is 1. The van der Waals surface area contributed by atoms with Gasteiger partial charge in [0.1, 0.15) is 0 Å². The lowest BCUT2D eigenvalue weighted by atomic mass is 10.0. The van der Waals surface area contributed by atoms with E-state index in [-0.39, 0.29) is 10.6 Å². The number of aromatic nitrogens is 1. The highest BCUT2D eigenvalue weighted by Crippen LogP contribution is 2.26. The van der Waals surface area contributed by atoms with Crippen LogP contribution in [0.3, 0.4) is 0 Å². The molecular formula is C12H10N2O2. The fourth-order valence-corrected chi connectivity index (χ4v) is 1.56. The van der Waals surface area contributed by atoms with Crippen molar-refractivity contribution in [2.24, 2.45) is 0 Å². The predicted molar refractivity (Wildman–Crippen MR) is 61.1 cm³/mol. The van der Waals surface area contributed by atoms with Gasteiger partial charge in [-0.3, -0.25) is 15.1 Å². The van der Waals surface area contributed by atoms with E-state index in [0.29, 0.717) is 0 Å². The van der Waals surface area contributed by atoms with Gasteiger partial charge in [0.25, 0.3) is 5.69 Å². The third kappa shape index (κ3) is 1.91. The molecule has 80 valence electrons. The summed E-state index contributed by atoms with van der Waals surface area (Å²) in [5.74, 6) is 0. The van der Waals surface area contributed by atoms with Crippen LogP contribution in [0, 0.1) is 17.0 Å². The molecule has 0 amide bonds. The van der Waals surface area contributed by atoms with Gasteiger partial charge in [-0.15, -0.1) is 0 Å². The molecule has 1 heterocycles. The van der Waals surface area contributed by atoms with Crippen LogP contribution < -0.4 is 0 Å². The van der Waals surface area contributed by atoms with E-state index in [9.17, 15) is 10.1 Å². The van der Waals surface area contributed by atoms with Gasteiger partial charge in [-0.2, -0.15) is 0 Å². The quantitative estimate of drug-likeness (QED) is 0.570. The first kappa shape index (κ1) is 10.3. The number of hydrogen-bond acceptors (Lipinski definition) is 3. The van der Waals surface area contributed by atoms with E-state index >= 15 is 0 Å². The third-order valence-electron chi connectivity index (χ3n) is 2.40. The summed E-state index contributed by atoms with van der Waals surface area (Å²) < 4.78 is 0. The summed E-state index contributed by atoms with van der Waals surface area (Å²) in [6.45, 7) is 1.92. The van der Waals surface area contributed by atoms with Gasteiger partial charge in [-0.05, 0) is 24.1 Å². The molecule has 16 heavy (non-hydrogen) atoms. The van der Waals surface area contributed by atoms with Crippen molar-refractivity contribution in [2.75, 3.05) is 0 Å². The highest BCUT2D eigenvalue weighted by Gasteiger charge is 2.09. The monoisotopic (exact) mass is 214 g/mol. The van der Waals surface area contributed by atoms with Gasteiger partial charge in [-0.25, -0.2) is 0 Å². The number of hydrogen-bond donors (Lipinski definition) is 0. The Kier molecular flexibility index (Phi) is 2.64. The van der Waals surface area contributed by atoms with Crippen LogP contribution in [-0.2, 0) is 0 Å². The van der Waals surface area contributed by atoms with E-state index < -0.39 is 0 Å². The zero-order valence-corrected chi connectivity index (χ0v) is 8.75. The molecule has 0 spiro atoms. The second-order valence-corrected chi connectivity index (χ2v) is 3.50. The minimum atomic E-state index is -0.390. The molecule has 2 rings (SSSR count). The van der Waals surface area contributed by atoms with E-state index in [1.807, 2.05) is 19.1 Å². The molecule has 4 nitrogen and oxygen atoms in total. The van der Waals surface area contributed by atoms with Crippen molar-refractivity contribution in [2.45, 2.75) is 6.92 Å². The lowest BCUT2D eigenvalue weighted by Gasteiger charge is -2.04. The molecule has 0 aliphatic carbocycles. The zero-order valence-electron chi connectivity index (χ0n) is 8.75. The summed E-state index contributed by atoms with van der Waals surface area (Å²) in [7, 11) is 0. The highest BCUT2D eigenvalue weighted by atomic mass is 16.6. The molecule has 0 aliphatic heterocycles. The molecule has 1 aromatic heterocycles. The van der Waals surface area contributed by atoms with Crippen LogP contribution in [0.5, 0.6) is 0 Å². The average Bonchev–Trinajstić information content (AvgIpc) is 2.30. The van der Waals surface area contributed by atoms with E-state index in [0.717, 1.165) is 16.7 Å². The lowest BCUT2D eigenvalue weighted by molar-refractivity contribution is -0.384. The molecule has 0 atom stereocenters. The number of nitrogens with zero attached hydrogens (tertiary/aromatic N) is 2. The van der Waals surface area contributed by atoms with Crippen LogP contribution in [0.4, 0.5) is 5.69 Å². The van der Waals surface area contributed by atoms with Crippen LogP contribution in [0.15, 0.2) is 42.7 Å². The Hall–Kier alpha value is -2.23. The Labute approximate surface area is 92.7 Å². The molecule has 0 aliphatic rings. The van der Waals surface area contributed by atoms with E-state index in [2.05, 4.69) is 4.98 Å². The Morgan fingerprint density at radius 3 is 2.75 bits per heavy atom. The smallest absolute Gasteiger partial charge is 0.264 e. The van der Waals surface area contributed by atoms with Gasteiger partial charge in [0.15, 0.2) is 0 Å². The van der Waals surface area contributed by atoms with E-state index in [1.165, 1.54) is 6.07 Å². The van der Waals surface area contributed by atoms with Crippen LogP contribution in [0.2, 0.25) is 0 Å². The first-order chi connectivity index (χ1) is 7.68. The van der Waals surface area contributed by atoms with Crippen LogP contribution in [0.25, 0.3) is 11.1 Å². The summed E-state index contributed by atoms with van der Waals surface area (Å²) >= 11 is 0. The number of nitro benzene ring substituents is 1. The van der Waals surface area contributed by atoms with Crippen LogP contribution in [-0.4, -0.2) is 9.91 Å². The van der Waals surface area contributed by atoms with E-state index in [1.54, 1.807) is 24.5 Å². The van der Waals surface area contributed by atoms with Crippen molar-refractivity contribution in [3.05, 3.63) is 58.4 Å². The van der Waals surface area contributed by atoms with Crippen molar-refractivity contribution in [1.82, 2.24) is 4.98 Å². The molecule has 0 fully saturated rings. The van der Waals surface area contributed by atoms with Crippen LogP contribution >= 0.6 is 0 Å². The minimum Gasteiger partial charge on any atom is -0.264 e. The molecule has 0 bridgehead atoms. The van der Waals surface area contributed by atoms with Gasteiger partial charge in [-0.1, -0.05) is 12.1 Å². The maximum absolute atomic E-state index is 10.7. The van der Waals surface area contributed by atoms with Crippen molar-refractivity contribution in [1.29, 1.82) is 0 Å². The molecule has 0 saturated heterocycles. The minimum absolute atomic E-state index is 0.101. The first-order valence-corrected chi connectivity index (χ1v) is 4.84. The first-order valence-electron chi connectivity index (χ1n) is 4.84. The maximum atomic E-state index is 10.7. The number of nitro groups is 1. The highest BCUT2D eigenvalue weighted by molar-refractivity contribution is 5.68. The molecule has 0 radical (unpaired) electrons. The largest absolute Gasteiger partial charge is 0.270 e. The second-order valence-electron chi connectivity index (χ2n) is 3.50. The maximum Gasteiger partial charge on any atom is 0.270 e. The summed E-state index contributed by atoms with van der Waals surface area (Å²) in [4.78, 5) is 14.3. The molecule has 1 aromatic carbocycles. The Morgan fingerprint density at radius 2 is 2.12 bits per heavy atom. The number of aryl methyl sites for hydroxylation is 1. The summed E-state index contributed by atoms with van der Waals surface area (Å²) in [6, 6.07) is 8.54. The molecule has 0 saturated carbocycles.